The van der Waals surface area contributed by atoms with E-state index in [1.165, 1.54) is 24.4 Å². The summed E-state index contributed by atoms with van der Waals surface area (Å²) in [6.45, 7) is 0.698. The largest absolute Gasteiger partial charge is 0.464 e. The van der Waals surface area contributed by atoms with Crippen molar-refractivity contribution < 1.29 is 9.53 Å². The van der Waals surface area contributed by atoms with Gasteiger partial charge < -0.3 is 10.1 Å². The van der Waals surface area contributed by atoms with Crippen LogP contribution in [0.4, 0.5) is 5.82 Å². The lowest BCUT2D eigenvalue weighted by Gasteiger charge is -2.03. The standard InChI is InChI=1S/C11H11N3O2S/c1-16-11(15)9-6-14-10(7-12-9)13-5-8-3-2-4-17-8/h2-4,6-7H,5H2,1H3,(H,13,14). The molecule has 0 aromatic carbocycles. The number of aromatic nitrogens is 2. The van der Waals surface area contributed by atoms with Crippen LogP contribution in [0, 0.1) is 0 Å². The van der Waals surface area contributed by atoms with Gasteiger partial charge in [0.25, 0.3) is 0 Å². The van der Waals surface area contributed by atoms with Gasteiger partial charge >= 0.3 is 5.97 Å². The van der Waals surface area contributed by atoms with Gasteiger partial charge in [-0.1, -0.05) is 6.07 Å². The molecule has 5 nitrogen and oxygen atoms in total. The Morgan fingerprint density at radius 1 is 1.47 bits per heavy atom. The second-order valence-corrected chi connectivity index (χ2v) is 4.24. The predicted octanol–water partition coefficient (Wildman–Crippen LogP) is 1.94. The lowest BCUT2D eigenvalue weighted by atomic mass is 10.4. The predicted molar refractivity (Wildman–Crippen MR) is 65.0 cm³/mol. The van der Waals surface area contributed by atoms with Crippen LogP contribution >= 0.6 is 11.3 Å². The maximum Gasteiger partial charge on any atom is 0.358 e. The molecule has 1 N–H and O–H groups in total. The quantitative estimate of drug-likeness (QED) is 0.839. The van der Waals surface area contributed by atoms with E-state index in [1.807, 2.05) is 17.5 Å². The summed E-state index contributed by atoms with van der Waals surface area (Å²) in [6.07, 6.45) is 2.91. The zero-order chi connectivity index (χ0) is 12.1. The lowest BCUT2D eigenvalue weighted by molar-refractivity contribution is 0.0593. The molecule has 0 amide bonds. The first kappa shape index (κ1) is 11.5. The Hall–Kier alpha value is -1.95. The van der Waals surface area contributed by atoms with Gasteiger partial charge in [0.05, 0.1) is 26.0 Å². The maximum absolute atomic E-state index is 11.1. The average molecular weight is 249 g/mol. The third kappa shape index (κ3) is 3.01. The Morgan fingerprint density at radius 2 is 2.35 bits per heavy atom. The van der Waals surface area contributed by atoms with E-state index in [4.69, 9.17) is 0 Å². The fourth-order valence-electron chi connectivity index (χ4n) is 1.22. The Labute approximate surface area is 102 Å². The van der Waals surface area contributed by atoms with E-state index in [2.05, 4.69) is 20.0 Å². The second-order valence-electron chi connectivity index (χ2n) is 3.21. The summed E-state index contributed by atoms with van der Waals surface area (Å²) in [7, 11) is 1.31. The molecule has 0 spiro atoms. The Bertz CT molecular complexity index is 482. The second kappa shape index (κ2) is 5.40. The van der Waals surface area contributed by atoms with Crippen molar-refractivity contribution in [3.63, 3.8) is 0 Å². The first-order valence-corrected chi connectivity index (χ1v) is 5.84. The molecule has 0 bridgehead atoms. The molecular formula is C11H11N3O2S. The number of hydrogen-bond donors (Lipinski definition) is 1. The minimum absolute atomic E-state index is 0.203. The number of carbonyl (C=O) groups is 1. The number of methoxy groups -OCH3 is 1. The van der Waals surface area contributed by atoms with Crippen molar-refractivity contribution >= 4 is 23.1 Å². The third-order valence-electron chi connectivity index (χ3n) is 2.07. The number of thiophene rings is 1. The van der Waals surface area contributed by atoms with Crippen LogP contribution in [-0.2, 0) is 11.3 Å². The Morgan fingerprint density at radius 3 is 2.94 bits per heavy atom. The fraction of sp³-hybridized carbons (Fsp3) is 0.182. The van der Waals surface area contributed by atoms with E-state index < -0.39 is 5.97 Å². The van der Waals surface area contributed by atoms with Crippen molar-refractivity contribution in [1.82, 2.24) is 9.97 Å². The van der Waals surface area contributed by atoms with Crippen molar-refractivity contribution in [2.24, 2.45) is 0 Å². The van der Waals surface area contributed by atoms with E-state index in [-0.39, 0.29) is 5.69 Å². The summed E-state index contributed by atoms with van der Waals surface area (Å²) >= 11 is 1.67. The highest BCUT2D eigenvalue weighted by Gasteiger charge is 2.06. The number of nitrogens with zero attached hydrogens (tertiary/aromatic N) is 2. The molecule has 2 heterocycles. The van der Waals surface area contributed by atoms with Crippen LogP contribution in [0.1, 0.15) is 15.4 Å². The van der Waals surface area contributed by atoms with E-state index in [0.717, 1.165) is 0 Å². The summed E-state index contributed by atoms with van der Waals surface area (Å²) in [5.74, 6) is 0.147. The van der Waals surface area contributed by atoms with Crippen molar-refractivity contribution in [2.75, 3.05) is 12.4 Å². The zero-order valence-corrected chi connectivity index (χ0v) is 10.0. The van der Waals surface area contributed by atoms with Crippen LogP contribution in [-0.4, -0.2) is 23.0 Å². The molecule has 0 saturated heterocycles. The molecule has 2 aromatic heterocycles. The number of anilines is 1. The molecule has 0 fully saturated rings. The highest BCUT2D eigenvalue weighted by Crippen LogP contribution is 2.10. The Balaban J connectivity index is 1.96. The topological polar surface area (TPSA) is 64.1 Å². The van der Waals surface area contributed by atoms with Crippen molar-refractivity contribution in [1.29, 1.82) is 0 Å². The molecule has 0 aliphatic rings. The molecule has 0 unspecified atom stereocenters. The van der Waals surface area contributed by atoms with Gasteiger partial charge in [0.2, 0.25) is 0 Å². The molecule has 0 aliphatic carbocycles. The molecule has 0 aliphatic heterocycles. The van der Waals surface area contributed by atoms with Gasteiger partial charge in [-0.3, -0.25) is 0 Å². The Kier molecular flexibility index (Phi) is 3.66. The number of ether oxygens (including phenoxy) is 1. The van der Waals surface area contributed by atoms with E-state index >= 15 is 0 Å². The molecule has 0 radical (unpaired) electrons. The molecule has 88 valence electrons. The molecule has 0 saturated carbocycles. The molecule has 2 aromatic rings. The van der Waals surface area contributed by atoms with Gasteiger partial charge in [0, 0.05) is 4.88 Å². The summed E-state index contributed by atoms with van der Waals surface area (Å²) in [5.41, 5.74) is 0.203. The van der Waals surface area contributed by atoms with E-state index in [9.17, 15) is 4.79 Å². The summed E-state index contributed by atoms with van der Waals surface area (Å²) < 4.78 is 4.53. The minimum atomic E-state index is -0.484. The lowest BCUT2D eigenvalue weighted by Crippen LogP contribution is -2.06. The van der Waals surface area contributed by atoms with Crippen LogP contribution in [0.25, 0.3) is 0 Å². The number of nitrogens with one attached hydrogen (secondary N) is 1. The molecule has 0 atom stereocenters. The van der Waals surface area contributed by atoms with Gasteiger partial charge in [-0.05, 0) is 11.4 Å². The highest BCUT2D eigenvalue weighted by atomic mass is 32.1. The smallest absolute Gasteiger partial charge is 0.358 e. The fourth-order valence-corrected chi connectivity index (χ4v) is 1.86. The molecule has 6 heteroatoms. The van der Waals surface area contributed by atoms with E-state index in [0.29, 0.717) is 12.4 Å². The van der Waals surface area contributed by atoms with Gasteiger partial charge in [0.1, 0.15) is 5.82 Å². The van der Waals surface area contributed by atoms with E-state index in [1.54, 1.807) is 11.3 Å². The maximum atomic E-state index is 11.1. The number of carbonyl (C=O) groups excluding carboxylic acids is 1. The van der Waals surface area contributed by atoms with Crippen LogP contribution in [0.15, 0.2) is 29.9 Å². The van der Waals surface area contributed by atoms with Crippen LogP contribution in [0.2, 0.25) is 0 Å². The minimum Gasteiger partial charge on any atom is -0.464 e. The van der Waals surface area contributed by atoms with Crippen molar-refractivity contribution in [3.8, 4) is 0 Å². The first-order valence-electron chi connectivity index (χ1n) is 4.96. The SMILES string of the molecule is COC(=O)c1cnc(NCc2cccs2)cn1. The van der Waals surface area contributed by atoms with Crippen LogP contribution in [0.5, 0.6) is 0 Å². The molecule has 17 heavy (non-hydrogen) atoms. The zero-order valence-electron chi connectivity index (χ0n) is 9.21. The van der Waals surface area contributed by atoms with Crippen molar-refractivity contribution in [2.45, 2.75) is 6.54 Å². The first-order chi connectivity index (χ1) is 8.29. The van der Waals surface area contributed by atoms with Gasteiger partial charge in [-0.2, -0.15) is 0 Å². The third-order valence-corrected chi connectivity index (χ3v) is 2.95. The highest BCUT2D eigenvalue weighted by molar-refractivity contribution is 7.09. The summed E-state index contributed by atoms with van der Waals surface area (Å²) in [4.78, 5) is 20.4. The number of esters is 1. The normalized spacial score (nSPS) is 9.94. The number of rotatable bonds is 4. The van der Waals surface area contributed by atoms with Gasteiger partial charge in [-0.15, -0.1) is 11.3 Å². The van der Waals surface area contributed by atoms with Gasteiger partial charge in [0.15, 0.2) is 5.69 Å². The summed E-state index contributed by atoms with van der Waals surface area (Å²) in [5, 5.41) is 5.13. The average Bonchev–Trinajstić information content (AvgIpc) is 2.89. The monoisotopic (exact) mass is 249 g/mol. The number of hydrogen-bond acceptors (Lipinski definition) is 6. The van der Waals surface area contributed by atoms with Crippen molar-refractivity contribution in [3.05, 3.63) is 40.5 Å². The molecule has 2 rings (SSSR count). The summed E-state index contributed by atoms with van der Waals surface area (Å²) in [6, 6.07) is 4.03. The molecular weight excluding hydrogens is 238 g/mol. The van der Waals surface area contributed by atoms with Crippen LogP contribution in [0.3, 0.4) is 0 Å². The van der Waals surface area contributed by atoms with Crippen LogP contribution < -0.4 is 5.32 Å². The van der Waals surface area contributed by atoms with Gasteiger partial charge in [-0.25, -0.2) is 14.8 Å².